The van der Waals surface area contributed by atoms with Gasteiger partial charge in [-0.15, -0.1) is 0 Å². The summed E-state index contributed by atoms with van der Waals surface area (Å²) in [5.74, 6) is 0.756. The third-order valence-corrected chi connectivity index (χ3v) is 6.37. The molecule has 2 aliphatic rings. The van der Waals surface area contributed by atoms with E-state index in [2.05, 4.69) is 4.98 Å². The lowest BCUT2D eigenvalue weighted by Gasteiger charge is -2.42. The Bertz CT molecular complexity index is 944. The molecule has 2 fully saturated rings. The van der Waals surface area contributed by atoms with Gasteiger partial charge in [0.1, 0.15) is 11.9 Å². The fourth-order valence-electron chi connectivity index (χ4n) is 4.03. The maximum atomic E-state index is 13.3. The predicted octanol–water partition coefficient (Wildman–Crippen LogP) is 3.46. The van der Waals surface area contributed by atoms with Gasteiger partial charge in [-0.2, -0.15) is 0 Å². The van der Waals surface area contributed by atoms with Crippen LogP contribution in [0.3, 0.4) is 0 Å². The number of pyridine rings is 1. The van der Waals surface area contributed by atoms with E-state index in [0.717, 1.165) is 30.4 Å². The van der Waals surface area contributed by atoms with E-state index in [-0.39, 0.29) is 23.7 Å². The van der Waals surface area contributed by atoms with Crippen LogP contribution >= 0.6 is 11.6 Å². The highest BCUT2D eigenvalue weighted by atomic mass is 35.5. The molecule has 2 N–H and O–H groups in total. The summed E-state index contributed by atoms with van der Waals surface area (Å²) >= 11 is 6.10. The fraction of sp³-hybridized carbons (Fsp3) is 0.409. The molecule has 2 amide bonds. The first kappa shape index (κ1) is 19.7. The summed E-state index contributed by atoms with van der Waals surface area (Å²) in [7, 11) is 1.82. The summed E-state index contributed by atoms with van der Waals surface area (Å²) in [6.07, 6.45) is 5.91. The predicted molar refractivity (Wildman–Crippen MR) is 114 cm³/mol. The van der Waals surface area contributed by atoms with Crippen LogP contribution in [-0.2, 0) is 4.79 Å². The van der Waals surface area contributed by atoms with Gasteiger partial charge < -0.3 is 15.5 Å². The highest BCUT2D eigenvalue weighted by Gasteiger charge is 2.38. The normalized spacial score (nSPS) is 19.9. The number of hydrogen-bond donors (Lipinski definition) is 1. The summed E-state index contributed by atoms with van der Waals surface area (Å²) in [5.41, 5.74) is 7.89. The summed E-state index contributed by atoms with van der Waals surface area (Å²) in [4.78, 5) is 33.7. The minimum Gasteiger partial charge on any atom is -0.382 e. The number of anilines is 1. The Labute approximate surface area is 175 Å². The average molecular weight is 413 g/mol. The molecule has 0 radical (unpaired) electrons. The van der Waals surface area contributed by atoms with Gasteiger partial charge in [-0.25, -0.2) is 4.98 Å². The van der Waals surface area contributed by atoms with Gasteiger partial charge in [-0.05, 0) is 36.1 Å². The van der Waals surface area contributed by atoms with Crippen molar-refractivity contribution in [2.45, 2.75) is 31.7 Å². The van der Waals surface area contributed by atoms with Gasteiger partial charge in [0.25, 0.3) is 5.91 Å². The van der Waals surface area contributed by atoms with Crippen molar-refractivity contribution in [2.75, 3.05) is 25.9 Å². The van der Waals surface area contributed by atoms with E-state index in [0.29, 0.717) is 29.6 Å². The van der Waals surface area contributed by atoms with Gasteiger partial charge in [0, 0.05) is 37.5 Å². The summed E-state index contributed by atoms with van der Waals surface area (Å²) in [6, 6.07) is 8.73. The molecule has 1 unspecified atom stereocenters. The molecule has 1 aliphatic heterocycles. The number of nitrogen functional groups attached to an aromatic ring is 1. The zero-order valence-corrected chi connectivity index (χ0v) is 17.2. The molecule has 0 bridgehead atoms. The van der Waals surface area contributed by atoms with Crippen LogP contribution in [0.5, 0.6) is 0 Å². The second kappa shape index (κ2) is 8.03. The minimum atomic E-state index is -0.372. The zero-order valence-electron chi connectivity index (χ0n) is 16.5. The number of rotatable bonds is 4. The maximum absolute atomic E-state index is 13.3. The molecule has 2 heterocycles. The zero-order chi connectivity index (χ0) is 20.5. The Morgan fingerprint density at radius 3 is 2.72 bits per heavy atom. The van der Waals surface area contributed by atoms with Crippen LogP contribution in [0.25, 0.3) is 11.1 Å². The third kappa shape index (κ3) is 3.94. The molecule has 1 atom stereocenters. The standard InChI is InChI=1S/C22H25ClN4O2/c1-26-8-9-27(19(22(26)29)10-14-4-2-5-14)21(28)16-7-3-6-15(11-16)17-12-18(23)20(24)25-13-17/h3,6-7,11-14,19H,2,4-5,8-10H2,1H3,(H2,24,25). The van der Waals surface area contributed by atoms with Gasteiger partial charge in [0.2, 0.25) is 5.91 Å². The van der Waals surface area contributed by atoms with E-state index < -0.39 is 0 Å². The number of halogens is 1. The first-order valence-corrected chi connectivity index (χ1v) is 10.4. The van der Waals surface area contributed by atoms with Crippen molar-refractivity contribution in [3.8, 4) is 11.1 Å². The third-order valence-electron chi connectivity index (χ3n) is 6.07. The van der Waals surface area contributed by atoms with Crippen LogP contribution in [0.2, 0.25) is 5.02 Å². The van der Waals surface area contributed by atoms with E-state index in [1.54, 1.807) is 28.1 Å². The molecule has 7 heteroatoms. The van der Waals surface area contributed by atoms with Gasteiger partial charge in [0.05, 0.1) is 5.02 Å². The number of hydrogen-bond acceptors (Lipinski definition) is 4. The first-order valence-electron chi connectivity index (χ1n) is 10.0. The molecule has 152 valence electrons. The lowest BCUT2D eigenvalue weighted by Crippen LogP contribution is -2.58. The van der Waals surface area contributed by atoms with Crippen molar-refractivity contribution in [3.63, 3.8) is 0 Å². The number of carbonyl (C=O) groups excluding carboxylic acids is 2. The molecule has 1 aliphatic carbocycles. The Morgan fingerprint density at radius 2 is 2.03 bits per heavy atom. The Morgan fingerprint density at radius 1 is 1.24 bits per heavy atom. The van der Waals surface area contributed by atoms with Crippen molar-refractivity contribution in [1.82, 2.24) is 14.8 Å². The molecule has 29 heavy (non-hydrogen) atoms. The Kier molecular flexibility index (Phi) is 5.46. The van der Waals surface area contributed by atoms with Crippen molar-refractivity contribution in [1.29, 1.82) is 0 Å². The lowest BCUT2D eigenvalue weighted by molar-refractivity contribution is -0.139. The number of amides is 2. The topological polar surface area (TPSA) is 79.5 Å². The van der Waals surface area contributed by atoms with E-state index >= 15 is 0 Å². The van der Waals surface area contributed by atoms with Gasteiger partial charge in [-0.3, -0.25) is 9.59 Å². The maximum Gasteiger partial charge on any atom is 0.254 e. The van der Waals surface area contributed by atoms with Crippen molar-refractivity contribution >= 4 is 29.2 Å². The summed E-state index contributed by atoms with van der Waals surface area (Å²) in [5, 5.41) is 0.379. The molecule has 2 aromatic rings. The van der Waals surface area contributed by atoms with Gasteiger partial charge >= 0.3 is 0 Å². The number of piperazine rings is 1. The SMILES string of the molecule is CN1CCN(C(=O)c2cccc(-c3cnc(N)c(Cl)c3)c2)C(CC2CCC2)C1=O. The lowest BCUT2D eigenvalue weighted by atomic mass is 9.80. The van der Waals surface area contributed by atoms with Crippen LogP contribution in [-0.4, -0.2) is 52.8 Å². The highest BCUT2D eigenvalue weighted by Crippen LogP contribution is 2.33. The average Bonchev–Trinajstić information content (AvgIpc) is 2.69. The van der Waals surface area contributed by atoms with Crippen molar-refractivity contribution in [2.24, 2.45) is 5.92 Å². The van der Waals surface area contributed by atoms with Crippen LogP contribution in [0.15, 0.2) is 36.5 Å². The van der Waals surface area contributed by atoms with Crippen LogP contribution in [0.4, 0.5) is 5.82 Å². The van der Waals surface area contributed by atoms with Gasteiger partial charge in [0.15, 0.2) is 0 Å². The number of carbonyl (C=O) groups is 2. The number of benzene rings is 1. The van der Waals surface area contributed by atoms with E-state index in [1.165, 1.54) is 6.42 Å². The summed E-state index contributed by atoms with van der Waals surface area (Å²) in [6.45, 7) is 1.11. The van der Waals surface area contributed by atoms with Crippen LogP contribution in [0, 0.1) is 5.92 Å². The smallest absolute Gasteiger partial charge is 0.254 e. The largest absolute Gasteiger partial charge is 0.382 e. The molecule has 6 nitrogen and oxygen atoms in total. The molecule has 0 spiro atoms. The van der Waals surface area contributed by atoms with E-state index in [9.17, 15) is 9.59 Å². The molecular weight excluding hydrogens is 388 g/mol. The van der Waals surface area contributed by atoms with Crippen molar-refractivity contribution < 1.29 is 9.59 Å². The van der Waals surface area contributed by atoms with Gasteiger partial charge in [-0.1, -0.05) is 43.0 Å². The fourth-order valence-corrected chi connectivity index (χ4v) is 4.20. The number of likely N-dealkylation sites (N-methyl/N-ethyl adjacent to an activating group) is 1. The monoisotopic (exact) mass is 412 g/mol. The highest BCUT2D eigenvalue weighted by molar-refractivity contribution is 6.33. The number of nitrogens with two attached hydrogens (primary N) is 1. The molecule has 1 aromatic heterocycles. The van der Waals surface area contributed by atoms with Crippen LogP contribution in [0.1, 0.15) is 36.0 Å². The quantitative estimate of drug-likeness (QED) is 0.833. The van der Waals surface area contributed by atoms with E-state index in [4.69, 9.17) is 17.3 Å². The molecular formula is C22H25ClN4O2. The second-order valence-corrected chi connectivity index (χ2v) is 8.39. The number of nitrogens with zero attached hydrogens (tertiary/aromatic N) is 3. The Balaban J connectivity index is 1.60. The molecule has 1 saturated heterocycles. The molecule has 4 rings (SSSR count). The van der Waals surface area contributed by atoms with E-state index in [1.807, 2.05) is 25.2 Å². The Hall–Kier alpha value is -2.60. The number of aromatic nitrogens is 1. The van der Waals surface area contributed by atoms with Crippen molar-refractivity contribution in [3.05, 3.63) is 47.1 Å². The second-order valence-electron chi connectivity index (χ2n) is 7.98. The minimum absolute atomic E-state index is 0.0437. The summed E-state index contributed by atoms with van der Waals surface area (Å²) < 4.78 is 0. The van der Waals surface area contributed by atoms with Crippen LogP contribution < -0.4 is 5.73 Å². The molecule has 1 saturated carbocycles. The molecule has 1 aromatic carbocycles. The first-order chi connectivity index (χ1) is 13.9.